The monoisotopic (exact) mass is 303 g/mol. The van der Waals surface area contributed by atoms with Gasteiger partial charge in [0.2, 0.25) is 0 Å². The summed E-state index contributed by atoms with van der Waals surface area (Å²) in [6, 6.07) is 15.1. The lowest BCUT2D eigenvalue weighted by Gasteiger charge is -2.22. The minimum absolute atomic E-state index is 0.910. The van der Waals surface area contributed by atoms with Crippen LogP contribution in [0.2, 0.25) is 0 Å². The third-order valence-corrected chi connectivity index (χ3v) is 3.94. The average Bonchev–Trinajstić information content (AvgIpc) is 2.38. The zero-order valence-corrected chi connectivity index (χ0v) is 12.7. The molecule has 0 saturated heterocycles. The molecule has 0 amide bonds. The molecular weight excluding hydrogens is 286 g/mol. The van der Waals surface area contributed by atoms with Crippen LogP contribution in [0.3, 0.4) is 0 Å². The molecule has 2 heteroatoms. The Morgan fingerprint density at radius 1 is 1.00 bits per heavy atom. The minimum atomic E-state index is 0.910. The first-order valence-electron chi connectivity index (χ1n) is 6.08. The third kappa shape index (κ3) is 2.59. The number of aryl methyl sites for hydroxylation is 2. The highest BCUT2D eigenvalue weighted by Gasteiger charge is 2.07. The third-order valence-electron chi connectivity index (χ3n) is 3.33. The van der Waals surface area contributed by atoms with Gasteiger partial charge in [-0.3, -0.25) is 0 Å². The molecule has 0 saturated carbocycles. The van der Waals surface area contributed by atoms with Crippen LogP contribution in [0.4, 0.5) is 11.4 Å². The Bertz CT molecular complexity index is 549. The van der Waals surface area contributed by atoms with Crippen LogP contribution in [0.1, 0.15) is 16.7 Å². The highest BCUT2D eigenvalue weighted by atomic mass is 79.9. The summed E-state index contributed by atoms with van der Waals surface area (Å²) in [4.78, 5) is 2.24. The molecule has 1 nitrogen and oxygen atoms in total. The van der Waals surface area contributed by atoms with E-state index in [-0.39, 0.29) is 0 Å². The van der Waals surface area contributed by atoms with Crippen LogP contribution < -0.4 is 4.90 Å². The standard InChI is InChI=1S/C16H18BrN/c1-12-6-4-5-7-16(12)18(3)15-9-8-14(11-17)13(2)10-15/h4-10H,11H2,1-3H3. The molecule has 0 spiro atoms. The van der Waals surface area contributed by atoms with E-state index in [0.717, 1.165) is 5.33 Å². The second-order valence-corrected chi connectivity index (χ2v) is 5.15. The molecule has 0 aliphatic heterocycles. The van der Waals surface area contributed by atoms with E-state index in [2.05, 4.69) is 84.2 Å². The Kier molecular flexibility index (Phi) is 4.07. The van der Waals surface area contributed by atoms with Crippen molar-refractivity contribution < 1.29 is 0 Å². The van der Waals surface area contributed by atoms with Gasteiger partial charge in [0.15, 0.2) is 0 Å². The molecular formula is C16H18BrN. The van der Waals surface area contributed by atoms with E-state index in [1.165, 1.54) is 28.1 Å². The lowest BCUT2D eigenvalue weighted by molar-refractivity contribution is 1.17. The highest BCUT2D eigenvalue weighted by Crippen LogP contribution is 2.28. The molecule has 0 bridgehead atoms. The van der Waals surface area contributed by atoms with Gasteiger partial charge in [0.25, 0.3) is 0 Å². The number of rotatable bonds is 3. The van der Waals surface area contributed by atoms with Gasteiger partial charge in [-0.15, -0.1) is 0 Å². The van der Waals surface area contributed by atoms with Gasteiger partial charge in [0.05, 0.1) is 0 Å². The Balaban J connectivity index is 2.37. The Hall–Kier alpha value is -1.28. The molecule has 0 unspecified atom stereocenters. The van der Waals surface area contributed by atoms with Crippen LogP contribution >= 0.6 is 15.9 Å². The second kappa shape index (κ2) is 5.57. The number of halogens is 1. The van der Waals surface area contributed by atoms with Crippen molar-refractivity contribution >= 4 is 27.3 Å². The maximum Gasteiger partial charge on any atom is 0.0437 e. The molecule has 0 atom stereocenters. The summed E-state index contributed by atoms with van der Waals surface area (Å²) in [7, 11) is 2.12. The van der Waals surface area contributed by atoms with E-state index in [1.807, 2.05) is 0 Å². The highest BCUT2D eigenvalue weighted by molar-refractivity contribution is 9.08. The SMILES string of the molecule is Cc1cc(N(C)c2ccccc2C)ccc1CBr. The fraction of sp³-hybridized carbons (Fsp3) is 0.250. The van der Waals surface area contributed by atoms with Crippen molar-refractivity contribution in [2.24, 2.45) is 0 Å². The number of nitrogens with zero attached hydrogens (tertiary/aromatic N) is 1. The molecule has 2 rings (SSSR count). The topological polar surface area (TPSA) is 3.24 Å². The second-order valence-electron chi connectivity index (χ2n) is 4.59. The molecule has 0 heterocycles. The van der Waals surface area contributed by atoms with Gasteiger partial charge in [0, 0.05) is 23.8 Å². The average molecular weight is 304 g/mol. The predicted octanol–water partition coefficient (Wildman–Crippen LogP) is 4.97. The van der Waals surface area contributed by atoms with Crippen molar-refractivity contribution in [3.8, 4) is 0 Å². The van der Waals surface area contributed by atoms with E-state index in [1.54, 1.807) is 0 Å². The first kappa shape index (κ1) is 13.2. The number of hydrogen-bond donors (Lipinski definition) is 0. The zero-order valence-electron chi connectivity index (χ0n) is 11.1. The van der Waals surface area contributed by atoms with Crippen molar-refractivity contribution in [1.29, 1.82) is 0 Å². The first-order chi connectivity index (χ1) is 8.63. The molecule has 18 heavy (non-hydrogen) atoms. The predicted molar refractivity (Wildman–Crippen MR) is 83.1 cm³/mol. The van der Waals surface area contributed by atoms with Crippen molar-refractivity contribution in [1.82, 2.24) is 0 Å². The summed E-state index contributed by atoms with van der Waals surface area (Å²) in [6.45, 7) is 4.30. The molecule has 2 aromatic rings. The van der Waals surface area contributed by atoms with Gasteiger partial charge >= 0.3 is 0 Å². The number of alkyl halides is 1. The summed E-state index contributed by atoms with van der Waals surface area (Å²) in [5.74, 6) is 0. The van der Waals surface area contributed by atoms with E-state index in [9.17, 15) is 0 Å². The maximum absolute atomic E-state index is 3.51. The van der Waals surface area contributed by atoms with Crippen molar-refractivity contribution in [2.75, 3.05) is 11.9 Å². The zero-order chi connectivity index (χ0) is 13.1. The smallest absolute Gasteiger partial charge is 0.0437 e. The number of hydrogen-bond acceptors (Lipinski definition) is 1. The van der Waals surface area contributed by atoms with Crippen LogP contribution in [-0.4, -0.2) is 7.05 Å². The Labute approximate surface area is 118 Å². The molecule has 2 aromatic carbocycles. The number of para-hydroxylation sites is 1. The fourth-order valence-electron chi connectivity index (χ4n) is 2.12. The van der Waals surface area contributed by atoms with Crippen LogP contribution in [-0.2, 0) is 5.33 Å². The van der Waals surface area contributed by atoms with E-state index in [4.69, 9.17) is 0 Å². The Morgan fingerprint density at radius 3 is 2.33 bits per heavy atom. The van der Waals surface area contributed by atoms with Gasteiger partial charge in [-0.05, 0) is 48.7 Å². The van der Waals surface area contributed by atoms with Crippen LogP contribution in [0.25, 0.3) is 0 Å². The minimum Gasteiger partial charge on any atom is -0.344 e. The lowest BCUT2D eigenvalue weighted by atomic mass is 10.1. The van der Waals surface area contributed by atoms with E-state index < -0.39 is 0 Å². The molecule has 0 aliphatic rings. The van der Waals surface area contributed by atoms with Crippen molar-refractivity contribution in [3.63, 3.8) is 0 Å². The van der Waals surface area contributed by atoms with E-state index >= 15 is 0 Å². The van der Waals surface area contributed by atoms with Crippen molar-refractivity contribution in [2.45, 2.75) is 19.2 Å². The molecule has 94 valence electrons. The normalized spacial score (nSPS) is 10.4. The summed E-state index contributed by atoms with van der Waals surface area (Å²) in [6.07, 6.45) is 0. The largest absolute Gasteiger partial charge is 0.344 e. The van der Waals surface area contributed by atoms with Gasteiger partial charge in [-0.1, -0.05) is 40.2 Å². The first-order valence-corrected chi connectivity index (χ1v) is 7.20. The van der Waals surface area contributed by atoms with Gasteiger partial charge in [-0.25, -0.2) is 0 Å². The van der Waals surface area contributed by atoms with Crippen LogP contribution in [0.5, 0.6) is 0 Å². The van der Waals surface area contributed by atoms with Gasteiger partial charge in [0.1, 0.15) is 0 Å². The molecule has 0 N–H and O–H groups in total. The summed E-state index contributed by atoms with van der Waals surface area (Å²) >= 11 is 3.51. The van der Waals surface area contributed by atoms with Crippen LogP contribution in [0.15, 0.2) is 42.5 Å². The molecule has 0 aromatic heterocycles. The molecule has 0 radical (unpaired) electrons. The number of anilines is 2. The summed E-state index contributed by atoms with van der Waals surface area (Å²) < 4.78 is 0. The quantitative estimate of drug-likeness (QED) is 0.724. The van der Waals surface area contributed by atoms with Gasteiger partial charge < -0.3 is 4.90 Å². The van der Waals surface area contributed by atoms with Gasteiger partial charge in [-0.2, -0.15) is 0 Å². The summed E-state index contributed by atoms with van der Waals surface area (Å²) in [5, 5.41) is 0.910. The molecule has 0 fully saturated rings. The van der Waals surface area contributed by atoms with Crippen molar-refractivity contribution in [3.05, 3.63) is 59.2 Å². The summed E-state index contributed by atoms with van der Waals surface area (Å²) in [5.41, 5.74) is 6.44. The number of benzene rings is 2. The van der Waals surface area contributed by atoms with E-state index in [0.29, 0.717) is 0 Å². The Morgan fingerprint density at radius 2 is 1.72 bits per heavy atom. The van der Waals surface area contributed by atoms with Crippen LogP contribution in [0, 0.1) is 13.8 Å². The fourth-order valence-corrected chi connectivity index (χ4v) is 2.75. The lowest BCUT2D eigenvalue weighted by Crippen LogP contribution is -2.11. The molecule has 0 aliphatic carbocycles. The maximum atomic E-state index is 3.51.